The van der Waals surface area contributed by atoms with Crippen LogP contribution >= 0.6 is 0 Å². The quantitative estimate of drug-likeness (QED) is 0.816. The number of rotatable bonds is 5. The first-order valence-corrected chi connectivity index (χ1v) is 6.91. The van der Waals surface area contributed by atoms with Gasteiger partial charge in [-0.15, -0.1) is 0 Å². The third-order valence-corrected chi connectivity index (χ3v) is 4.31. The molecule has 0 aliphatic heterocycles. The molecule has 1 N–H and O–H groups in total. The monoisotopic (exact) mass is 231 g/mol. The molecular weight excluding hydrogens is 206 g/mol. The second-order valence-electron chi connectivity index (χ2n) is 5.99. The molecule has 1 saturated carbocycles. The van der Waals surface area contributed by atoms with Crippen molar-refractivity contribution in [1.82, 2.24) is 5.32 Å². The van der Waals surface area contributed by atoms with Gasteiger partial charge in [-0.05, 0) is 36.8 Å². The molecule has 1 heteroatoms. The van der Waals surface area contributed by atoms with Gasteiger partial charge < -0.3 is 5.32 Å². The Morgan fingerprint density at radius 3 is 2.47 bits per heavy atom. The highest BCUT2D eigenvalue weighted by atomic mass is 14.9. The molecular formula is C16H25N. The van der Waals surface area contributed by atoms with Crippen LogP contribution < -0.4 is 5.32 Å². The molecule has 0 spiro atoms. The van der Waals surface area contributed by atoms with Gasteiger partial charge in [-0.2, -0.15) is 0 Å². The Bertz CT molecular complexity index is 344. The number of benzene rings is 1. The van der Waals surface area contributed by atoms with Crippen molar-refractivity contribution in [1.29, 1.82) is 0 Å². The molecule has 1 aliphatic carbocycles. The second-order valence-corrected chi connectivity index (χ2v) is 5.99. The van der Waals surface area contributed by atoms with Crippen molar-refractivity contribution in [3.63, 3.8) is 0 Å². The van der Waals surface area contributed by atoms with Gasteiger partial charge in [-0.3, -0.25) is 0 Å². The van der Waals surface area contributed by atoms with Crippen molar-refractivity contribution < 1.29 is 0 Å². The van der Waals surface area contributed by atoms with E-state index in [1.807, 2.05) is 0 Å². The van der Waals surface area contributed by atoms with E-state index >= 15 is 0 Å². The zero-order valence-corrected chi connectivity index (χ0v) is 11.4. The molecule has 0 bridgehead atoms. The van der Waals surface area contributed by atoms with Gasteiger partial charge >= 0.3 is 0 Å². The molecule has 1 nitrogen and oxygen atoms in total. The van der Waals surface area contributed by atoms with Crippen molar-refractivity contribution in [2.45, 2.75) is 39.0 Å². The van der Waals surface area contributed by atoms with E-state index in [0.29, 0.717) is 5.41 Å². The molecule has 0 amide bonds. The fourth-order valence-corrected chi connectivity index (χ4v) is 2.93. The molecule has 2 unspecified atom stereocenters. The lowest BCUT2D eigenvalue weighted by molar-refractivity contribution is 0.133. The van der Waals surface area contributed by atoms with Gasteiger partial charge in [0, 0.05) is 12.0 Å². The minimum Gasteiger partial charge on any atom is -0.316 e. The van der Waals surface area contributed by atoms with Gasteiger partial charge in [0.25, 0.3) is 0 Å². The summed E-state index contributed by atoms with van der Waals surface area (Å²) >= 11 is 0. The third kappa shape index (κ3) is 2.55. The molecule has 0 saturated heterocycles. The predicted molar refractivity (Wildman–Crippen MR) is 74.2 cm³/mol. The molecule has 1 aromatic carbocycles. The van der Waals surface area contributed by atoms with E-state index in [1.54, 1.807) is 0 Å². The lowest BCUT2D eigenvalue weighted by Crippen LogP contribution is -2.50. The van der Waals surface area contributed by atoms with Crippen LogP contribution in [0.4, 0.5) is 0 Å². The normalized spacial score (nSPS) is 28.1. The standard InChI is InChI=1S/C16H25N/c1-13(2)11-17-12-16(10-9-14(16)3)15-7-5-4-6-8-15/h4-8,13-14,17H,9-12H2,1-3H3. The summed E-state index contributed by atoms with van der Waals surface area (Å²) in [6.07, 6.45) is 2.71. The van der Waals surface area contributed by atoms with E-state index in [9.17, 15) is 0 Å². The first-order chi connectivity index (χ1) is 8.15. The van der Waals surface area contributed by atoms with Gasteiger partial charge in [0.2, 0.25) is 0 Å². The lowest BCUT2D eigenvalue weighted by Gasteiger charge is -2.49. The van der Waals surface area contributed by atoms with Crippen LogP contribution in [-0.4, -0.2) is 13.1 Å². The van der Waals surface area contributed by atoms with E-state index in [0.717, 1.165) is 24.9 Å². The second kappa shape index (κ2) is 5.22. The number of hydrogen-bond acceptors (Lipinski definition) is 1. The number of nitrogens with one attached hydrogen (secondary N) is 1. The van der Waals surface area contributed by atoms with E-state index in [4.69, 9.17) is 0 Å². The van der Waals surface area contributed by atoms with Crippen LogP contribution in [0.1, 0.15) is 39.2 Å². The summed E-state index contributed by atoms with van der Waals surface area (Å²) in [7, 11) is 0. The maximum Gasteiger partial charge on any atom is 0.0103 e. The molecule has 1 aromatic rings. The summed E-state index contributed by atoms with van der Waals surface area (Å²) < 4.78 is 0. The molecule has 94 valence electrons. The Morgan fingerprint density at radius 1 is 1.29 bits per heavy atom. The lowest BCUT2D eigenvalue weighted by atomic mass is 9.57. The Balaban J connectivity index is 2.06. The Labute approximate surface area is 106 Å². The maximum atomic E-state index is 3.66. The van der Waals surface area contributed by atoms with Gasteiger partial charge in [-0.1, -0.05) is 51.1 Å². The van der Waals surface area contributed by atoms with E-state index in [-0.39, 0.29) is 0 Å². The minimum atomic E-state index is 0.399. The smallest absolute Gasteiger partial charge is 0.0103 e. The zero-order chi connectivity index (χ0) is 12.3. The van der Waals surface area contributed by atoms with Crippen LogP contribution in [0.15, 0.2) is 30.3 Å². The predicted octanol–water partition coefficient (Wildman–Crippen LogP) is 3.60. The van der Waals surface area contributed by atoms with Gasteiger partial charge in [0.05, 0.1) is 0 Å². The minimum absolute atomic E-state index is 0.399. The van der Waals surface area contributed by atoms with Crippen molar-refractivity contribution in [3.05, 3.63) is 35.9 Å². The van der Waals surface area contributed by atoms with E-state index in [1.165, 1.54) is 18.4 Å². The van der Waals surface area contributed by atoms with Gasteiger partial charge in [-0.25, -0.2) is 0 Å². The average molecular weight is 231 g/mol. The van der Waals surface area contributed by atoms with Crippen molar-refractivity contribution >= 4 is 0 Å². The molecule has 0 radical (unpaired) electrons. The summed E-state index contributed by atoms with van der Waals surface area (Å²) in [6, 6.07) is 11.1. The van der Waals surface area contributed by atoms with Gasteiger partial charge in [0.1, 0.15) is 0 Å². The van der Waals surface area contributed by atoms with E-state index < -0.39 is 0 Å². The molecule has 0 heterocycles. The Morgan fingerprint density at radius 2 is 2.00 bits per heavy atom. The van der Waals surface area contributed by atoms with Crippen molar-refractivity contribution in [2.24, 2.45) is 11.8 Å². The van der Waals surface area contributed by atoms with E-state index in [2.05, 4.69) is 56.4 Å². The molecule has 0 aromatic heterocycles. The Kier molecular flexibility index (Phi) is 3.88. The molecule has 1 fully saturated rings. The SMILES string of the molecule is CC(C)CNCC1(c2ccccc2)CCC1C. The summed E-state index contributed by atoms with van der Waals surface area (Å²) in [5.74, 6) is 1.54. The summed E-state index contributed by atoms with van der Waals surface area (Å²) in [5.41, 5.74) is 1.92. The van der Waals surface area contributed by atoms with Crippen LogP contribution in [-0.2, 0) is 5.41 Å². The van der Waals surface area contributed by atoms with Crippen LogP contribution in [0, 0.1) is 11.8 Å². The number of hydrogen-bond donors (Lipinski definition) is 1. The van der Waals surface area contributed by atoms with Crippen molar-refractivity contribution in [3.8, 4) is 0 Å². The summed E-state index contributed by atoms with van der Waals surface area (Å²) in [4.78, 5) is 0. The largest absolute Gasteiger partial charge is 0.316 e. The van der Waals surface area contributed by atoms with Crippen molar-refractivity contribution in [2.75, 3.05) is 13.1 Å². The highest BCUT2D eigenvalue weighted by Gasteiger charge is 2.44. The highest BCUT2D eigenvalue weighted by Crippen LogP contribution is 2.48. The van der Waals surface area contributed by atoms with Crippen LogP contribution in [0.2, 0.25) is 0 Å². The topological polar surface area (TPSA) is 12.0 Å². The fourth-order valence-electron chi connectivity index (χ4n) is 2.93. The summed E-state index contributed by atoms with van der Waals surface area (Å²) in [6.45, 7) is 9.20. The molecule has 17 heavy (non-hydrogen) atoms. The first kappa shape index (κ1) is 12.6. The van der Waals surface area contributed by atoms with Crippen LogP contribution in [0.25, 0.3) is 0 Å². The van der Waals surface area contributed by atoms with Crippen LogP contribution in [0.5, 0.6) is 0 Å². The fraction of sp³-hybridized carbons (Fsp3) is 0.625. The zero-order valence-electron chi connectivity index (χ0n) is 11.4. The average Bonchev–Trinajstić information content (AvgIpc) is 2.33. The summed E-state index contributed by atoms with van der Waals surface area (Å²) in [5, 5.41) is 3.66. The molecule has 2 rings (SSSR count). The maximum absolute atomic E-state index is 3.66. The molecule has 2 atom stereocenters. The van der Waals surface area contributed by atoms with Gasteiger partial charge in [0.15, 0.2) is 0 Å². The Hall–Kier alpha value is -0.820. The van der Waals surface area contributed by atoms with Crippen LogP contribution in [0.3, 0.4) is 0 Å². The molecule has 1 aliphatic rings. The first-order valence-electron chi connectivity index (χ1n) is 6.91. The highest BCUT2D eigenvalue weighted by molar-refractivity contribution is 5.30. The third-order valence-electron chi connectivity index (χ3n) is 4.31.